The largest absolute Gasteiger partial charge is 0.497 e. The van der Waals surface area contributed by atoms with Crippen LogP contribution in [0.15, 0.2) is 102 Å². The number of methoxy groups -OCH3 is 2. The molecule has 206 valence electrons. The van der Waals surface area contributed by atoms with E-state index >= 15 is 0 Å². The number of benzene rings is 4. The molecule has 1 heterocycles. The fraction of sp³-hybridized carbons (Fsp3) is 0.219. The van der Waals surface area contributed by atoms with Gasteiger partial charge in [0.05, 0.1) is 25.5 Å². The number of hydrogen-bond donors (Lipinski definition) is 0. The maximum Gasteiger partial charge on any atom is 0.240 e. The number of rotatable bonds is 9. The van der Waals surface area contributed by atoms with Gasteiger partial charge in [0.25, 0.3) is 0 Å². The van der Waals surface area contributed by atoms with Gasteiger partial charge in [0.15, 0.2) is 0 Å². The van der Waals surface area contributed by atoms with Crippen LogP contribution >= 0.6 is 0 Å². The molecular weight excluding hydrogens is 524 g/mol. The first-order valence-corrected chi connectivity index (χ1v) is 14.2. The number of ether oxygens (including phenoxy) is 2. The third kappa shape index (κ3) is 6.63. The van der Waals surface area contributed by atoms with Crippen molar-refractivity contribution in [3.05, 3.63) is 103 Å². The lowest BCUT2D eigenvalue weighted by Crippen LogP contribution is -2.49. The van der Waals surface area contributed by atoms with E-state index in [0.717, 1.165) is 35.5 Å². The van der Waals surface area contributed by atoms with Crippen molar-refractivity contribution in [1.82, 2.24) is 4.90 Å². The van der Waals surface area contributed by atoms with Gasteiger partial charge in [-0.1, -0.05) is 42.5 Å². The number of carbonyl (C=O) groups excluding carboxylic acids is 1. The molecule has 0 aliphatic carbocycles. The Labute approximate surface area is 237 Å². The van der Waals surface area contributed by atoms with Crippen LogP contribution < -0.4 is 18.6 Å². The van der Waals surface area contributed by atoms with E-state index in [0.29, 0.717) is 41.7 Å². The first-order valence-electron chi connectivity index (χ1n) is 13.1. The fourth-order valence-corrected chi connectivity index (χ4v) is 5.45. The first-order chi connectivity index (χ1) is 19.5. The van der Waals surface area contributed by atoms with Gasteiger partial charge >= 0.3 is 0 Å². The molecule has 0 spiro atoms. The van der Waals surface area contributed by atoms with E-state index < -0.39 is 11.1 Å². The minimum absolute atomic E-state index is 0.0815. The van der Waals surface area contributed by atoms with Crippen LogP contribution in [0.1, 0.15) is 5.56 Å². The van der Waals surface area contributed by atoms with Gasteiger partial charge in [-0.3, -0.25) is 4.79 Å². The SMILES string of the molecule is COc1cc(CC(=O)N2CCN(c3ccc(OS(=O)c4ccc(-c5ccccc5)cc4)cc3)CC2)cc(OC)c1. The Bertz CT molecular complexity index is 1430. The number of anilines is 1. The van der Waals surface area contributed by atoms with Gasteiger partial charge in [-0.25, -0.2) is 4.21 Å². The molecule has 1 amide bonds. The van der Waals surface area contributed by atoms with Crippen molar-refractivity contribution in [2.45, 2.75) is 11.3 Å². The van der Waals surface area contributed by atoms with Crippen LogP contribution in [0.4, 0.5) is 5.69 Å². The highest BCUT2D eigenvalue weighted by Crippen LogP contribution is 2.26. The molecule has 1 fully saturated rings. The second-order valence-electron chi connectivity index (χ2n) is 9.47. The summed E-state index contributed by atoms with van der Waals surface area (Å²) < 4.78 is 29.1. The lowest BCUT2D eigenvalue weighted by Gasteiger charge is -2.36. The Morgan fingerprint density at radius 3 is 1.93 bits per heavy atom. The van der Waals surface area contributed by atoms with Crippen molar-refractivity contribution < 1.29 is 22.7 Å². The zero-order chi connectivity index (χ0) is 27.9. The molecule has 5 rings (SSSR count). The van der Waals surface area contributed by atoms with E-state index in [-0.39, 0.29) is 5.91 Å². The van der Waals surface area contributed by atoms with Crippen LogP contribution in [0.5, 0.6) is 17.2 Å². The lowest BCUT2D eigenvalue weighted by atomic mass is 10.1. The van der Waals surface area contributed by atoms with Gasteiger partial charge in [0.2, 0.25) is 17.0 Å². The van der Waals surface area contributed by atoms with E-state index in [4.69, 9.17) is 13.7 Å². The molecular formula is C32H32N2O5S. The van der Waals surface area contributed by atoms with Gasteiger partial charge in [-0.15, -0.1) is 0 Å². The Morgan fingerprint density at radius 1 is 0.725 bits per heavy atom. The number of hydrogen-bond acceptors (Lipinski definition) is 6. The van der Waals surface area contributed by atoms with Crippen LogP contribution in [0.25, 0.3) is 11.1 Å². The molecule has 4 aromatic carbocycles. The lowest BCUT2D eigenvalue weighted by molar-refractivity contribution is -0.130. The van der Waals surface area contributed by atoms with Crippen LogP contribution in [-0.2, 0) is 22.3 Å². The average Bonchev–Trinajstić information content (AvgIpc) is 3.01. The zero-order valence-corrected chi connectivity index (χ0v) is 23.4. The van der Waals surface area contributed by atoms with Crippen molar-refractivity contribution in [2.75, 3.05) is 45.3 Å². The quantitative estimate of drug-likeness (QED) is 0.276. The van der Waals surface area contributed by atoms with Crippen molar-refractivity contribution in [1.29, 1.82) is 0 Å². The summed E-state index contributed by atoms with van der Waals surface area (Å²) in [6.45, 7) is 2.74. The second-order valence-corrected chi connectivity index (χ2v) is 10.6. The van der Waals surface area contributed by atoms with Gasteiger partial charge < -0.3 is 23.5 Å². The monoisotopic (exact) mass is 556 g/mol. The molecule has 40 heavy (non-hydrogen) atoms. The van der Waals surface area contributed by atoms with Crippen molar-refractivity contribution in [3.63, 3.8) is 0 Å². The van der Waals surface area contributed by atoms with E-state index in [9.17, 15) is 9.00 Å². The molecule has 0 N–H and O–H groups in total. The van der Waals surface area contributed by atoms with Crippen molar-refractivity contribution in [2.24, 2.45) is 0 Å². The Morgan fingerprint density at radius 2 is 1.32 bits per heavy atom. The molecule has 0 saturated carbocycles. The summed E-state index contributed by atoms with van der Waals surface area (Å²) >= 11 is -1.62. The molecule has 1 saturated heterocycles. The molecule has 0 bridgehead atoms. The fourth-order valence-electron chi connectivity index (χ4n) is 4.71. The average molecular weight is 557 g/mol. The molecule has 7 nitrogen and oxygen atoms in total. The van der Waals surface area contributed by atoms with Gasteiger partial charge in [-0.2, -0.15) is 0 Å². The van der Waals surface area contributed by atoms with Crippen molar-refractivity contribution in [3.8, 4) is 28.4 Å². The molecule has 1 aliphatic heterocycles. The van der Waals surface area contributed by atoms with E-state index in [1.54, 1.807) is 20.3 Å². The molecule has 0 aromatic heterocycles. The van der Waals surface area contributed by atoms with Crippen LogP contribution in [0, 0.1) is 0 Å². The van der Waals surface area contributed by atoms with E-state index in [1.165, 1.54) is 0 Å². The minimum Gasteiger partial charge on any atom is -0.497 e. The smallest absolute Gasteiger partial charge is 0.240 e. The topological polar surface area (TPSA) is 68.3 Å². The number of piperazine rings is 1. The second kappa shape index (κ2) is 12.7. The predicted octanol–water partition coefficient (Wildman–Crippen LogP) is 5.36. The summed E-state index contributed by atoms with van der Waals surface area (Å²) in [6.07, 6.45) is 0.297. The highest BCUT2D eigenvalue weighted by atomic mass is 32.2. The summed E-state index contributed by atoms with van der Waals surface area (Å²) in [5.41, 5.74) is 4.07. The molecule has 8 heteroatoms. The summed E-state index contributed by atoms with van der Waals surface area (Å²) in [6, 6.07) is 30.7. The molecule has 0 radical (unpaired) electrons. The highest BCUT2D eigenvalue weighted by Gasteiger charge is 2.22. The summed E-state index contributed by atoms with van der Waals surface area (Å²) in [7, 11) is 3.20. The Balaban J connectivity index is 1.13. The van der Waals surface area contributed by atoms with E-state index in [1.807, 2.05) is 95.9 Å². The number of nitrogens with zero attached hydrogens (tertiary/aromatic N) is 2. The number of carbonyl (C=O) groups is 1. The van der Waals surface area contributed by atoms with E-state index in [2.05, 4.69) is 4.90 Å². The maximum absolute atomic E-state index is 12.9. The van der Waals surface area contributed by atoms with Crippen LogP contribution in [-0.4, -0.2) is 55.4 Å². The van der Waals surface area contributed by atoms with Crippen LogP contribution in [0.2, 0.25) is 0 Å². The van der Waals surface area contributed by atoms with Crippen molar-refractivity contribution >= 4 is 22.7 Å². The molecule has 4 aromatic rings. The summed E-state index contributed by atoms with van der Waals surface area (Å²) in [5.74, 6) is 1.96. The third-order valence-corrected chi connectivity index (χ3v) is 7.93. The van der Waals surface area contributed by atoms with Gasteiger partial charge in [0, 0.05) is 37.9 Å². The third-order valence-electron chi connectivity index (χ3n) is 6.93. The van der Waals surface area contributed by atoms with Gasteiger partial charge in [0.1, 0.15) is 17.2 Å². The van der Waals surface area contributed by atoms with Crippen LogP contribution in [0.3, 0.4) is 0 Å². The zero-order valence-electron chi connectivity index (χ0n) is 22.6. The standard InChI is InChI=1S/C32H32N2O5S/c1-37-29-20-24(21-30(23-29)38-2)22-32(35)34-18-16-33(17-19-34)27-10-12-28(13-11-27)39-40(36)31-14-8-26(9-15-31)25-6-4-3-5-7-25/h3-15,20-21,23H,16-19,22H2,1-2H3. The summed E-state index contributed by atoms with van der Waals surface area (Å²) in [4.78, 5) is 17.7. The first kappa shape index (κ1) is 27.3. The normalized spacial score (nSPS) is 13.9. The van der Waals surface area contributed by atoms with Gasteiger partial charge in [-0.05, 0) is 65.2 Å². The predicted molar refractivity (Wildman–Crippen MR) is 157 cm³/mol. The minimum atomic E-state index is -1.62. The Hall–Kier alpha value is -4.30. The maximum atomic E-state index is 12.9. The molecule has 1 atom stereocenters. The Kier molecular flexibility index (Phi) is 8.66. The molecule has 1 aliphatic rings. The number of amides is 1. The highest BCUT2D eigenvalue weighted by molar-refractivity contribution is 7.80. The summed E-state index contributed by atoms with van der Waals surface area (Å²) in [5, 5.41) is 0. The molecule has 1 unspecified atom stereocenters.